The van der Waals surface area contributed by atoms with Crippen molar-refractivity contribution in [1.29, 1.82) is 0 Å². The lowest BCUT2D eigenvalue weighted by Gasteiger charge is -2.10. The van der Waals surface area contributed by atoms with Gasteiger partial charge in [0.05, 0.1) is 17.8 Å². The van der Waals surface area contributed by atoms with Crippen molar-refractivity contribution in [2.75, 3.05) is 5.43 Å². The third kappa shape index (κ3) is 2.88. The summed E-state index contributed by atoms with van der Waals surface area (Å²) >= 11 is 1.62. The number of anilines is 1. The maximum atomic E-state index is 12.0. The van der Waals surface area contributed by atoms with E-state index in [0.29, 0.717) is 17.8 Å². The highest BCUT2D eigenvalue weighted by Crippen LogP contribution is 2.16. The number of hydrogen-bond donors (Lipinski definition) is 3. The molecule has 0 fully saturated rings. The van der Waals surface area contributed by atoms with Gasteiger partial charge in [0.25, 0.3) is 5.91 Å². The molecule has 0 aliphatic rings. The molecule has 0 aliphatic carbocycles. The predicted molar refractivity (Wildman–Crippen MR) is 74.5 cm³/mol. The molecule has 1 aromatic heterocycles. The van der Waals surface area contributed by atoms with Crippen molar-refractivity contribution in [2.24, 2.45) is 5.84 Å². The SMILES string of the molecule is Cc1ccc(C(=O)NCc2cccs2)c(NN)c1. The third-order valence-electron chi connectivity index (χ3n) is 2.58. The Morgan fingerprint density at radius 3 is 2.89 bits per heavy atom. The second-order valence-electron chi connectivity index (χ2n) is 3.96. The van der Waals surface area contributed by atoms with Crippen LogP contribution in [-0.4, -0.2) is 5.91 Å². The van der Waals surface area contributed by atoms with Crippen LogP contribution >= 0.6 is 11.3 Å². The predicted octanol–water partition coefficient (Wildman–Crippen LogP) is 2.27. The molecule has 4 N–H and O–H groups in total. The second kappa shape index (κ2) is 5.66. The number of amides is 1. The van der Waals surface area contributed by atoms with Crippen molar-refractivity contribution in [3.8, 4) is 0 Å². The van der Waals surface area contributed by atoms with Gasteiger partial charge in [0.15, 0.2) is 0 Å². The van der Waals surface area contributed by atoms with Gasteiger partial charge in [0.1, 0.15) is 0 Å². The molecule has 1 aromatic carbocycles. The molecule has 1 amide bonds. The van der Waals surface area contributed by atoms with Crippen LogP contribution in [0.15, 0.2) is 35.7 Å². The molecular formula is C13H15N3OS. The van der Waals surface area contributed by atoms with Crippen molar-refractivity contribution < 1.29 is 4.79 Å². The first-order chi connectivity index (χ1) is 8.70. The largest absolute Gasteiger partial charge is 0.347 e. The standard InChI is InChI=1S/C13H15N3OS/c1-9-4-5-11(12(7-9)16-14)13(17)15-8-10-3-2-6-18-10/h2-7,16H,8,14H2,1H3,(H,15,17). The highest BCUT2D eigenvalue weighted by molar-refractivity contribution is 7.09. The Morgan fingerprint density at radius 2 is 2.22 bits per heavy atom. The van der Waals surface area contributed by atoms with E-state index in [1.165, 1.54) is 0 Å². The minimum Gasteiger partial charge on any atom is -0.347 e. The smallest absolute Gasteiger partial charge is 0.253 e. The summed E-state index contributed by atoms with van der Waals surface area (Å²) in [4.78, 5) is 13.2. The summed E-state index contributed by atoms with van der Waals surface area (Å²) in [5.41, 5.74) is 4.80. The van der Waals surface area contributed by atoms with Crippen LogP contribution in [0.4, 0.5) is 5.69 Å². The van der Waals surface area contributed by atoms with Gasteiger partial charge in [-0.2, -0.15) is 0 Å². The molecular weight excluding hydrogens is 246 g/mol. The van der Waals surface area contributed by atoms with E-state index in [1.807, 2.05) is 36.6 Å². The van der Waals surface area contributed by atoms with Crippen LogP contribution in [0.5, 0.6) is 0 Å². The zero-order valence-electron chi connectivity index (χ0n) is 10.1. The number of carbonyl (C=O) groups is 1. The van der Waals surface area contributed by atoms with Crippen LogP contribution in [0.3, 0.4) is 0 Å². The van der Waals surface area contributed by atoms with E-state index in [-0.39, 0.29) is 5.91 Å². The van der Waals surface area contributed by atoms with Gasteiger partial charge in [-0.05, 0) is 36.1 Å². The Kier molecular flexibility index (Phi) is 3.96. The molecule has 0 atom stereocenters. The van der Waals surface area contributed by atoms with Crippen LogP contribution in [0.2, 0.25) is 0 Å². The lowest BCUT2D eigenvalue weighted by molar-refractivity contribution is 0.0952. The fraction of sp³-hybridized carbons (Fsp3) is 0.154. The fourth-order valence-electron chi connectivity index (χ4n) is 1.65. The van der Waals surface area contributed by atoms with Gasteiger partial charge in [-0.1, -0.05) is 12.1 Å². The minimum absolute atomic E-state index is 0.128. The lowest BCUT2D eigenvalue weighted by Crippen LogP contribution is -2.24. The molecule has 4 nitrogen and oxygen atoms in total. The highest BCUT2D eigenvalue weighted by Gasteiger charge is 2.10. The van der Waals surface area contributed by atoms with E-state index in [2.05, 4.69) is 10.7 Å². The van der Waals surface area contributed by atoms with Gasteiger partial charge in [0.2, 0.25) is 0 Å². The second-order valence-corrected chi connectivity index (χ2v) is 4.99. The van der Waals surface area contributed by atoms with Gasteiger partial charge < -0.3 is 10.7 Å². The summed E-state index contributed by atoms with van der Waals surface area (Å²) < 4.78 is 0. The number of nitrogen functional groups attached to an aromatic ring is 1. The van der Waals surface area contributed by atoms with Gasteiger partial charge in [-0.15, -0.1) is 11.3 Å². The van der Waals surface area contributed by atoms with E-state index in [9.17, 15) is 4.79 Å². The van der Waals surface area contributed by atoms with Crippen LogP contribution in [-0.2, 0) is 6.54 Å². The molecule has 0 radical (unpaired) electrons. The van der Waals surface area contributed by atoms with Gasteiger partial charge >= 0.3 is 0 Å². The van der Waals surface area contributed by atoms with Crippen LogP contribution in [0.1, 0.15) is 20.8 Å². The van der Waals surface area contributed by atoms with Crippen molar-refractivity contribution >= 4 is 22.9 Å². The first-order valence-corrected chi connectivity index (χ1v) is 6.46. The summed E-state index contributed by atoms with van der Waals surface area (Å²) in [6.45, 7) is 2.49. The van der Waals surface area contributed by atoms with Gasteiger partial charge in [-0.25, -0.2) is 0 Å². The van der Waals surface area contributed by atoms with Crippen molar-refractivity contribution in [3.63, 3.8) is 0 Å². The molecule has 0 saturated heterocycles. The number of hydrazine groups is 1. The van der Waals surface area contributed by atoms with E-state index < -0.39 is 0 Å². The Labute approximate surface area is 110 Å². The first kappa shape index (κ1) is 12.6. The molecule has 2 rings (SSSR count). The monoisotopic (exact) mass is 261 g/mol. The zero-order valence-corrected chi connectivity index (χ0v) is 10.9. The number of benzene rings is 1. The average Bonchev–Trinajstić information content (AvgIpc) is 2.88. The Balaban J connectivity index is 2.09. The summed E-state index contributed by atoms with van der Waals surface area (Å²) in [6, 6.07) is 9.46. The molecule has 5 heteroatoms. The number of thiophene rings is 1. The molecule has 18 heavy (non-hydrogen) atoms. The van der Waals surface area contributed by atoms with E-state index in [0.717, 1.165) is 10.4 Å². The summed E-state index contributed by atoms with van der Waals surface area (Å²) in [5, 5.41) is 4.86. The maximum absolute atomic E-state index is 12.0. The molecule has 94 valence electrons. The Bertz CT molecular complexity index is 537. The van der Waals surface area contributed by atoms with Crippen LogP contribution < -0.4 is 16.6 Å². The maximum Gasteiger partial charge on any atom is 0.253 e. The van der Waals surface area contributed by atoms with Crippen molar-refractivity contribution in [3.05, 3.63) is 51.7 Å². The molecule has 0 saturated carbocycles. The number of nitrogens with two attached hydrogens (primary N) is 1. The molecule has 0 bridgehead atoms. The quantitative estimate of drug-likeness (QED) is 0.584. The first-order valence-electron chi connectivity index (χ1n) is 5.58. The summed E-state index contributed by atoms with van der Waals surface area (Å²) in [7, 11) is 0. The van der Waals surface area contributed by atoms with Gasteiger partial charge in [-0.3, -0.25) is 10.6 Å². The minimum atomic E-state index is -0.128. The van der Waals surface area contributed by atoms with Crippen molar-refractivity contribution in [2.45, 2.75) is 13.5 Å². The Morgan fingerprint density at radius 1 is 1.39 bits per heavy atom. The number of carbonyl (C=O) groups excluding carboxylic acids is 1. The van der Waals surface area contributed by atoms with E-state index >= 15 is 0 Å². The molecule has 2 aromatic rings. The van der Waals surface area contributed by atoms with E-state index in [4.69, 9.17) is 5.84 Å². The molecule has 0 unspecified atom stereocenters. The topological polar surface area (TPSA) is 67.2 Å². The molecule has 0 spiro atoms. The molecule has 0 aliphatic heterocycles. The van der Waals surface area contributed by atoms with E-state index in [1.54, 1.807) is 17.4 Å². The average molecular weight is 261 g/mol. The number of hydrogen-bond acceptors (Lipinski definition) is 4. The van der Waals surface area contributed by atoms with Gasteiger partial charge in [0, 0.05) is 4.88 Å². The Hall–Kier alpha value is -1.85. The summed E-state index contributed by atoms with van der Waals surface area (Å²) in [6.07, 6.45) is 0. The zero-order chi connectivity index (χ0) is 13.0. The highest BCUT2D eigenvalue weighted by atomic mass is 32.1. The van der Waals surface area contributed by atoms with Crippen molar-refractivity contribution in [1.82, 2.24) is 5.32 Å². The van der Waals surface area contributed by atoms with Crippen LogP contribution in [0.25, 0.3) is 0 Å². The number of nitrogens with one attached hydrogen (secondary N) is 2. The number of rotatable bonds is 4. The normalized spacial score (nSPS) is 10.1. The summed E-state index contributed by atoms with van der Waals surface area (Å²) in [5.74, 6) is 5.29. The molecule has 1 heterocycles. The fourth-order valence-corrected chi connectivity index (χ4v) is 2.30. The lowest BCUT2D eigenvalue weighted by atomic mass is 10.1. The van der Waals surface area contributed by atoms with Crippen LogP contribution in [0, 0.1) is 6.92 Å². The third-order valence-corrected chi connectivity index (χ3v) is 3.45. The number of aryl methyl sites for hydroxylation is 1.